The Kier molecular flexibility index (Phi) is 5.22. The molecule has 1 saturated carbocycles. The van der Waals surface area contributed by atoms with Gasteiger partial charge in [-0.1, -0.05) is 40.0 Å². The van der Waals surface area contributed by atoms with Gasteiger partial charge in [0.1, 0.15) is 12.1 Å². The number of amides is 4. The van der Waals surface area contributed by atoms with Gasteiger partial charge in [-0.3, -0.25) is 14.5 Å². The van der Waals surface area contributed by atoms with Crippen LogP contribution >= 0.6 is 0 Å². The minimum absolute atomic E-state index is 0.0719. The summed E-state index contributed by atoms with van der Waals surface area (Å²) in [6.45, 7) is 10.1. The number of urea groups is 1. The number of imide groups is 1. The van der Waals surface area contributed by atoms with Crippen LogP contribution in [-0.4, -0.2) is 52.3 Å². The third kappa shape index (κ3) is 4.15. The van der Waals surface area contributed by atoms with Gasteiger partial charge in [0.05, 0.1) is 0 Å². The summed E-state index contributed by atoms with van der Waals surface area (Å²) >= 11 is 0. The fraction of sp³-hybridized carbons (Fsp3) is 0.842. The lowest BCUT2D eigenvalue weighted by Gasteiger charge is -2.36. The Labute approximate surface area is 151 Å². The van der Waals surface area contributed by atoms with Gasteiger partial charge < -0.3 is 10.2 Å². The highest BCUT2D eigenvalue weighted by atomic mass is 16.2. The first-order chi connectivity index (χ1) is 11.4. The summed E-state index contributed by atoms with van der Waals surface area (Å²) in [7, 11) is 1.69. The highest BCUT2D eigenvalue weighted by Crippen LogP contribution is 2.39. The molecule has 6 nitrogen and oxygen atoms in total. The smallest absolute Gasteiger partial charge is 0.327 e. The number of carbonyl (C=O) groups is 3. The lowest BCUT2D eigenvalue weighted by molar-refractivity contribution is -0.137. The Hall–Kier alpha value is -1.59. The Bertz CT molecular complexity index is 557. The second kappa shape index (κ2) is 6.61. The van der Waals surface area contributed by atoms with Crippen LogP contribution in [-0.2, 0) is 9.59 Å². The summed E-state index contributed by atoms with van der Waals surface area (Å²) in [4.78, 5) is 40.7. The summed E-state index contributed by atoms with van der Waals surface area (Å²) in [5, 5.41) is 2.98. The lowest BCUT2D eigenvalue weighted by atomic mass is 9.80. The first-order valence-corrected chi connectivity index (χ1v) is 9.29. The molecule has 6 heteroatoms. The van der Waals surface area contributed by atoms with Crippen LogP contribution in [0.3, 0.4) is 0 Å². The Balaban J connectivity index is 2.06. The van der Waals surface area contributed by atoms with Crippen molar-refractivity contribution in [3.63, 3.8) is 0 Å². The average molecular weight is 351 g/mol. The minimum atomic E-state index is -0.726. The van der Waals surface area contributed by atoms with Crippen LogP contribution in [0.4, 0.5) is 4.79 Å². The third-order valence-corrected chi connectivity index (χ3v) is 5.24. The summed E-state index contributed by atoms with van der Waals surface area (Å²) in [6.07, 6.45) is 5.18. The van der Waals surface area contributed by atoms with Crippen LogP contribution in [0.2, 0.25) is 0 Å². The third-order valence-electron chi connectivity index (χ3n) is 5.24. The highest BCUT2D eigenvalue weighted by molar-refractivity contribution is 6.09. The number of carbonyl (C=O) groups excluding carboxylic acids is 3. The molecule has 1 aliphatic heterocycles. The maximum Gasteiger partial charge on any atom is 0.327 e. The van der Waals surface area contributed by atoms with E-state index in [1.54, 1.807) is 11.9 Å². The van der Waals surface area contributed by atoms with E-state index in [1.165, 1.54) is 0 Å². The number of hydrogen-bond acceptors (Lipinski definition) is 3. The molecule has 25 heavy (non-hydrogen) atoms. The summed E-state index contributed by atoms with van der Waals surface area (Å²) < 4.78 is 0. The maximum atomic E-state index is 12.9. The van der Waals surface area contributed by atoms with Crippen LogP contribution < -0.4 is 5.32 Å². The normalized spacial score (nSPS) is 21.2. The van der Waals surface area contributed by atoms with Crippen molar-refractivity contribution in [3.05, 3.63) is 0 Å². The van der Waals surface area contributed by atoms with E-state index in [0.29, 0.717) is 12.8 Å². The summed E-state index contributed by atoms with van der Waals surface area (Å²) in [5.41, 5.74) is -1.05. The second-order valence-corrected chi connectivity index (χ2v) is 9.49. The number of nitrogens with one attached hydrogen (secondary N) is 1. The van der Waals surface area contributed by atoms with Crippen molar-refractivity contribution in [2.24, 2.45) is 5.41 Å². The molecule has 2 fully saturated rings. The van der Waals surface area contributed by atoms with Gasteiger partial charge in [-0.15, -0.1) is 0 Å². The van der Waals surface area contributed by atoms with E-state index < -0.39 is 11.1 Å². The largest absolute Gasteiger partial charge is 0.350 e. The lowest BCUT2D eigenvalue weighted by Crippen LogP contribution is -2.51. The Morgan fingerprint density at radius 1 is 1.08 bits per heavy atom. The van der Waals surface area contributed by atoms with E-state index in [0.717, 1.165) is 30.6 Å². The van der Waals surface area contributed by atoms with E-state index in [-0.39, 0.29) is 29.8 Å². The van der Waals surface area contributed by atoms with Crippen LogP contribution in [0, 0.1) is 5.41 Å². The molecule has 1 N–H and O–H groups in total. The topological polar surface area (TPSA) is 69.7 Å². The fourth-order valence-corrected chi connectivity index (χ4v) is 4.60. The molecule has 0 unspecified atom stereocenters. The first-order valence-electron chi connectivity index (χ1n) is 9.29. The average Bonchev–Trinajstić information content (AvgIpc) is 2.61. The predicted molar refractivity (Wildman–Crippen MR) is 97.0 cm³/mol. The van der Waals surface area contributed by atoms with Crippen LogP contribution in [0.25, 0.3) is 0 Å². The van der Waals surface area contributed by atoms with Gasteiger partial charge in [-0.25, -0.2) is 4.79 Å². The van der Waals surface area contributed by atoms with Crippen LogP contribution in [0.1, 0.15) is 73.1 Å². The van der Waals surface area contributed by atoms with E-state index in [2.05, 4.69) is 26.1 Å². The quantitative estimate of drug-likeness (QED) is 0.792. The van der Waals surface area contributed by atoms with Crippen molar-refractivity contribution in [3.8, 4) is 0 Å². The number of nitrogens with zero attached hydrogens (tertiary/aromatic N) is 2. The molecule has 1 heterocycles. The molecule has 0 radical (unpaired) electrons. The van der Waals surface area contributed by atoms with Crippen molar-refractivity contribution in [1.82, 2.24) is 15.1 Å². The molecule has 0 aromatic rings. The van der Waals surface area contributed by atoms with Crippen molar-refractivity contribution in [2.75, 3.05) is 13.6 Å². The number of rotatable bonds is 4. The predicted octanol–water partition coefficient (Wildman–Crippen LogP) is 2.91. The molecule has 4 amide bonds. The van der Waals surface area contributed by atoms with E-state index in [4.69, 9.17) is 0 Å². The van der Waals surface area contributed by atoms with E-state index in [1.807, 2.05) is 13.8 Å². The van der Waals surface area contributed by atoms with E-state index >= 15 is 0 Å². The molecular formula is C19H33N3O3. The van der Waals surface area contributed by atoms with Crippen molar-refractivity contribution < 1.29 is 14.4 Å². The Morgan fingerprint density at radius 3 is 2.16 bits per heavy atom. The SMILES string of the molecule is CN1C(=O)N(CC(=O)NC(C)(C)CC(C)(C)C)C(=O)C12CCCCC2. The van der Waals surface area contributed by atoms with Gasteiger partial charge in [0.25, 0.3) is 5.91 Å². The zero-order valence-corrected chi connectivity index (χ0v) is 16.6. The van der Waals surface area contributed by atoms with Gasteiger partial charge in [-0.05, 0) is 38.5 Å². The molecule has 2 rings (SSSR count). The minimum Gasteiger partial charge on any atom is -0.350 e. The molecule has 0 atom stereocenters. The molecule has 1 aliphatic carbocycles. The molecule has 1 saturated heterocycles. The van der Waals surface area contributed by atoms with Crippen molar-refractivity contribution in [2.45, 2.75) is 84.2 Å². The van der Waals surface area contributed by atoms with Crippen LogP contribution in [0.15, 0.2) is 0 Å². The maximum absolute atomic E-state index is 12.9. The zero-order valence-electron chi connectivity index (χ0n) is 16.6. The van der Waals surface area contributed by atoms with Gasteiger partial charge in [0.15, 0.2) is 0 Å². The van der Waals surface area contributed by atoms with Gasteiger partial charge in [0.2, 0.25) is 5.91 Å². The molecule has 1 spiro atoms. The van der Waals surface area contributed by atoms with Gasteiger partial charge in [-0.2, -0.15) is 0 Å². The number of likely N-dealkylation sites (N-methyl/N-ethyl adjacent to an activating group) is 1. The summed E-state index contributed by atoms with van der Waals surface area (Å²) in [5.74, 6) is -0.485. The van der Waals surface area contributed by atoms with Crippen LogP contribution in [0.5, 0.6) is 0 Å². The Morgan fingerprint density at radius 2 is 1.64 bits per heavy atom. The van der Waals surface area contributed by atoms with Gasteiger partial charge in [0, 0.05) is 12.6 Å². The number of hydrogen-bond donors (Lipinski definition) is 1. The molecule has 2 aliphatic rings. The first kappa shape index (κ1) is 19.7. The summed E-state index contributed by atoms with van der Waals surface area (Å²) in [6, 6.07) is -0.351. The highest BCUT2D eigenvalue weighted by Gasteiger charge is 2.55. The molecule has 142 valence electrons. The molecular weight excluding hydrogens is 318 g/mol. The van der Waals surface area contributed by atoms with Gasteiger partial charge >= 0.3 is 6.03 Å². The molecule has 0 aromatic carbocycles. The molecule has 0 aromatic heterocycles. The standard InChI is InChI=1S/C19H33N3O3/c1-17(2,3)13-18(4,5)20-14(23)12-22-15(24)19(21(6)16(22)25)10-8-7-9-11-19/h7-13H2,1-6H3,(H,20,23). The zero-order chi connectivity index (χ0) is 19.0. The monoisotopic (exact) mass is 351 g/mol. The second-order valence-electron chi connectivity index (χ2n) is 9.49. The van der Waals surface area contributed by atoms with E-state index in [9.17, 15) is 14.4 Å². The fourth-order valence-electron chi connectivity index (χ4n) is 4.60. The van der Waals surface area contributed by atoms with Crippen molar-refractivity contribution in [1.29, 1.82) is 0 Å². The molecule has 0 bridgehead atoms. The van der Waals surface area contributed by atoms with Crippen molar-refractivity contribution >= 4 is 17.8 Å².